The smallest absolute Gasteiger partial charge is 0.343 e. The Kier molecular flexibility index (Phi) is 8.57. The summed E-state index contributed by atoms with van der Waals surface area (Å²) in [6, 6.07) is 15.2. The molecular formula is C26H31NO10. The molecule has 1 aliphatic heterocycles. The van der Waals surface area contributed by atoms with Crippen molar-refractivity contribution >= 4 is 11.0 Å². The van der Waals surface area contributed by atoms with Crippen molar-refractivity contribution in [2.45, 2.75) is 56.0 Å². The van der Waals surface area contributed by atoms with Crippen molar-refractivity contribution in [3.63, 3.8) is 0 Å². The Morgan fingerprint density at radius 2 is 1.68 bits per heavy atom. The van der Waals surface area contributed by atoms with E-state index in [9.17, 15) is 30.3 Å². The van der Waals surface area contributed by atoms with Crippen LogP contribution in [0.2, 0.25) is 0 Å². The van der Waals surface area contributed by atoms with E-state index in [0.29, 0.717) is 5.39 Å². The van der Waals surface area contributed by atoms with E-state index in [0.717, 1.165) is 10.8 Å². The molecule has 7 atom stereocenters. The summed E-state index contributed by atoms with van der Waals surface area (Å²) in [7, 11) is 1.32. The minimum Gasteiger partial charge on any atom is -0.507 e. The molecule has 0 bridgehead atoms. The van der Waals surface area contributed by atoms with Gasteiger partial charge in [0.05, 0.1) is 30.7 Å². The van der Waals surface area contributed by atoms with Crippen molar-refractivity contribution in [2.24, 2.45) is 0 Å². The maximum Gasteiger partial charge on any atom is 0.343 e. The monoisotopic (exact) mass is 517 g/mol. The highest BCUT2D eigenvalue weighted by molar-refractivity contribution is 5.84. The molecule has 0 saturated carbocycles. The van der Waals surface area contributed by atoms with Gasteiger partial charge in [0.15, 0.2) is 0 Å². The van der Waals surface area contributed by atoms with Crippen LogP contribution in [0.25, 0.3) is 11.0 Å². The highest BCUT2D eigenvalue weighted by atomic mass is 17.0. The molecule has 37 heavy (non-hydrogen) atoms. The van der Waals surface area contributed by atoms with Crippen molar-refractivity contribution in [1.82, 2.24) is 5.23 Å². The Balaban J connectivity index is 1.64. The third kappa shape index (κ3) is 5.54. The van der Waals surface area contributed by atoms with E-state index in [1.165, 1.54) is 7.11 Å². The van der Waals surface area contributed by atoms with E-state index in [1.54, 1.807) is 31.2 Å². The maximum absolute atomic E-state index is 13.1. The lowest BCUT2D eigenvalue weighted by atomic mass is 9.86. The summed E-state index contributed by atoms with van der Waals surface area (Å²) in [5.74, 6) is -0.833. The number of para-hydroxylation sites is 1. The number of benzene rings is 2. The van der Waals surface area contributed by atoms with Crippen LogP contribution in [-0.2, 0) is 14.4 Å². The number of aliphatic hydroxyl groups is 4. The Labute approximate surface area is 212 Å². The zero-order valence-electron chi connectivity index (χ0n) is 20.4. The number of hydrogen-bond donors (Lipinski definition) is 5. The fourth-order valence-electron chi connectivity index (χ4n) is 4.57. The topological polar surface area (TPSA) is 162 Å². The van der Waals surface area contributed by atoms with Gasteiger partial charge in [-0.3, -0.25) is 4.84 Å². The molecule has 3 unspecified atom stereocenters. The SMILES string of the molecule is CON(OC1O[C@H](CO)[C@H](O)[C@H](O)[C@H]1O)C(C)CC(c1ccccc1)c1c(O)c2ccccc2oc1=O. The summed E-state index contributed by atoms with van der Waals surface area (Å²) in [5.41, 5.74) is 0.380. The van der Waals surface area contributed by atoms with Crippen LogP contribution in [0.4, 0.5) is 0 Å². The molecule has 2 heterocycles. The first-order chi connectivity index (χ1) is 17.8. The Morgan fingerprint density at radius 3 is 2.35 bits per heavy atom. The van der Waals surface area contributed by atoms with Gasteiger partial charge < -0.3 is 34.7 Å². The van der Waals surface area contributed by atoms with Gasteiger partial charge in [0, 0.05) is 5.92 Å². The average molecular weight is 518 g/mol. The lowest BCUT2D eigenvalue weighted by Crippen LogP contribution is -2.60. The molecule has 2 aromatic carbocycles. The molecule has 5 N–H and O–H groups in total. The van der Waals surface area contributed by atoms with Crippen molar-refractivity contribution in [3.8, 4) is 5.75 Å². The minimum absolute atomic E-state index is 0.0700. The molecule has 1 saturated heterocycles. The van der Waals surface area contributed by atoms with Gasteiger partial charge in [-0.2, -0.15) is 0 Å². The van der Waals surface area contributed by atoms with E-state index in [2.05, 4.69) is 0 Å². The van der Waals surface area contributed by atoms with Crippen LogP contribution < -0.4 is 5.63 Å². The predicted molar refractivity (Wildman–Crippen MR) is 130 cm³/mol. The van der Waals surface area contributed by atoms with Crippen LogP contribution in [-0.4, -0.2) is 81.2 Å². The molecule has 11 heteroatoms. The molecular weight excluding hydrogens is 486 g/mol. The van der Waals surface area contributed by atoms with Crippen LogP contribution in [0.15, 0.2) is 63.8 Å². The van der Waals surface area contributed by atoms with Crippen LogP contribution in [0, 0.1) is 0 Å². The highest BCUT2D eigenvalue weighted by Crippen LogP contribution is 2.37. The largest absolute Gasteiger partial charge is 0.507 e. The predicted octanol–water partition coefficient (Wildman–Crippen LogP) is 1.00. The molecule has 1 aromatic heterocycles. The molecule has 0 aliphatic carbocycles. The molecule has 200 valence electrons. The fraction of sp³-hybridized carbons (Fsp3) is 0.423. The van der Waals surface area contributed by atoms with Crippen molar-refractivity contribution in [3.05, 3.63) is 76.1 Å². The number of hydroxylamine groups is 2. The fourth-order valence-corrected chi connectivity index (χ4v) is 4.57. The first-order valence-corrected chi connectivity index (χ1v) is 11.9. The number of nitrogens with zero attached hydrogens (tertiary/aromatic N) is 1. The highest BCUT2D eigenvalue weighted by Gasteiger charge is 2.45. The summed E-state index contributed by atoms with van der Waals surface area (Å²) in [4.78, 5) is 24.1. The third-order valence-electron chi connectivity index (χ3n) is 6.54. The Morgan fingerprint density at radius 1 is 1.00 bits per heavy atom. The summed E-state index contributed by atoms with van der Waals surface area (Å²) in [6.45, 7) is 1.11. The minimum atomic E-state index is -1.64. The van der Waals surface area contributed by atoms with Crippen molar-refractivity contribution in [2.75, 3.05) is 13.7 Å². The van der Waals surface area contributed by atoms with E-state index < -0.39 is 54.9 Å². The van der Waals surface area contributed by atoms with E-state index >= 15 is 0 Å². The number of hydrogen-bond acceptors (Lipinski definition) is 11. The molecule has 11 nitrogen and oxygen atoms in total. The molecule has 1 aliphatic rings. The van der Waals surface area contributed by atoms with Crippen LogP contribution in [0.3, 0.4) is 0 Å². The standard InChI is InChI=1S/C26H31NO10/c1-14(27(34-2)37-26-24(32)23(31)22(30)19(13-28)36-26)12-17(15-8-4-3-5-9-15)20-21(29)16-10-6-7-11-18(16)35-25(20)33/h3-11,14,17,19,22-24,26,28-32H,12-13H2,1-2H3/t14?,17?,19-,22+,23+,24-,26?/m1/s1. The van der Waals surface area contributed by atoms with Gasteiger partial charge in [-0.25, -0.2) is 9.63 Å². The summed E-state index contributed by atoms with van der Waals surface area (Å²) < 4.78 is 10.9. The lowest BCUT2D eigenvalue weighted by Gasteiger charge is -2.41. The molecule has 0 amide bonds. The Hall–Kier alpha value is -2.87. The summed E-state index contributed by atoms with van der Waals surface area (Å²) in [5, 5.41) is 52.4. The second-order valence-corrected chi connectivity index (χ2v) is 8.97. The molecule has 3 aromatic rings. The van der Waals surface area contributed by atoms with Crippen molar-refractivity contribution < 1.29 is 44.4 Å². The molecule has 0 radical (unpaired) electrons. The van der Waals surface area contributed by atoms with Gasteiger partial charge in [-0.15, -0.1) is 0 Å². The normalized spacial score (nSPS) is 25.9. The van der Waals surface area contributed by atoms with Gasteiger partial charge >= 0.3 is 5.63 Å². The van der Waals surface area contributed by atoms with Gasteiger partial charge in [0.25, 0.3) is 0 Å². The maximum atomic E-state index is 13.1. The van der Waals surface area contributed by atoms with Gasteiger partial charge in [0.1, 0.15) is 35.7 Å². The number of aromatic hydroxyl groups is 1. The van der Waals surface area contributed by atoms with Gasteiger partial charge in [-0.05, 0) is 31.0 Å². The molecule has 4 rings (SSSR count). The zero-order valence-corrected chi connectivity index (χ0v) is 20.4. The lowest BCUT2D eigenvalue weighted by molar-refractivity contribution is -0.453. The second-order valence-electron chi connectivity index (χ2n) is 8.97. The number of fused-ring (bicyclic) bond motifs is 1. The average Bonchev–Trinajstić information content (AvgIpc) is 2.91. The number of aliphatic hydroxyl groups excluding tert-OH is 4. The van der Waals surface area contributed by atoms with Crippen molar-refractivity contribution in [1.29, 1.82) is 0 Å². The number of ether oxygens (including phenoxy) is 1. The van der Waals surface area contributed by atoms with Crippen LogP contribution >= 0.6 is 0 Å². The molecule has 1 fully saturated rings. The van der Waals surface area contributed by atoms with E-state index in [4.69, 9.17) is 18.8 Å². The van der Waals surface area contributed by atoms with Crippen LogP contribution in [0.1, 0.15) is 30.4 Å². The van der Waals surface area contributed by atoms with E-state index in [-0.39, 0.29) is 23.3 Å². The quantitative estimate of drug-likeness (QED) is 0.203. The summed E-state index contributed by atoms with van der Waals surface area (Å²) in [6.07, 6.45) is -7.23. The third-order valence-corrected chi connectivity index (χ3v) is 6.54. The Bertz CT molecular complexity index is 1230. The van der Waals surface area contributed by atoms with E-state index in [1.807, 2.05) is 30.3 Å². The second kappa shape index (κ2) is 11.7. The van der Waals surface area contributed by atoms with Gasteiger partial charge in [-0.1, -0.05) is 47.7 Å². The zero-order chi connectivity index (χ0) is 26.7. The first kappa shape index (κ1) is 27.2. The molecule has 0 spiro atoms. The summed E-state index contributed by atoms with van der Waals surface area (Å²) >= 11 is 0. The van der Waals surface area contributed by atoms with Crippen LogP contribution in [0.5, 0.6) is 5.75 Å². The first-order valence-electron chi connectivity index (χ1n) is 11.9. The van der Waals surface area contributed by atoms with Gasteiger partial charge in [0.2, 0.25) is 6.29 Å². The number of rotatable bonds is 9.